The Labute approximate surface area is 86.1 Å². The van der Waals surface area contributed by atoms with Crippen molar-refractivity contribution in [1.29, 1.82) is 0 Å². The van der Waals surface area contributed by atoms with Gasteiger partial charge in [0.15, 0.2) is 5.43 Å². The number of nitro groups is 1. The lowest BCUT2D eigenvalue weighted by Gasteiger charge is -1.99. The number of rotatable bonds is 1. The van der Waals surface area contributed by atoms with Crippen LogP contribution in [0, 0.1) is 21.7 Å². The van der Waals surface area contributed by atoms with E-state index in [9.17, 15) is 23.7 Å². The lowest BCUT2D eigenvalue weighted by molar-refractivity contribution is -0.386. The molecule has 5 nitrogen and oxygen atoms in total. The first kappa shape index (κ1) is 10.2. The molecule has 16 heavy (non-hydrogen) atoms. The van der Waals surface area contributed by atoms with Gasteiger partial charge in [0.1, 0.15) is 11.2 Å². The highest BCUT2D eigenvalue weighted by atomic mass is 19.1. The van der Waals surface area contributed by atoms with Crippen molar-refractivity contribution in [3.63, 3.8) is 0 Å². The zero-order valence-corrected chi connectivity index (χ0v) is 7.57. The fraction of sp³-hybridized carbons (Fsp3) is 0. The molecule has 0 spiro atoms. The van der Waals surface area contributed by atoms with Crippen LogP contribution in [0.25, 0.3) is 11.0 Å². The van der Waals surface area contributed by atoms with Crippen molar-refractivity contribution in [2.24, 2.45) is 0 Å². The van der Waals surface area contributed by atoms with Crippen LogP contribution in [-0.4, -0.2) is 4.92 Å². The third-order valence-corrected chi connectivity index (χ3v) is 1.99. The summed E-state index contributed by atoms with van der Waals surface area (Å²) in [6, 6.07) is 1.18. The summed E-state index contributed by atoms with van der Waals surface area (Å²) in [4.78, 5) is 20.7. The SMILES string of the molecule is O=c1ccoc2c([N+](=O)[O-])c(F)cc(F)c12. The molecule has 2 rings (SSSR count). The third kappa shape index (κ3) is 1.33. The van der Waals surface area contributed by atoms with E-state index in [1.165, 1.54) is 0 Å². The van der Waals surface area contributed by atoms with Gasteiger partial charge < -0.3 is 4.42 Å². The van der Waals surface area contributed by atoms with Gasteiger partial charge in [-0.15, -0.1) is 0 Å². The first-order valence-corrected chi connectivity index (χ1v) is 4.06. The minimum Gasteiger partial charge on any atom is -0.457 e. The van der Waals surface area contributed by atoms with Crippen molar-refractivity contribution in [2.45, 2.75) is 0 Å². The summed E-state index contributed by atoms with van der Waals surface area (Å²) in [5.41, 5.74) is -2.55. The maximum absolute atomic E-state index is 13.2. The smallest absolute Gasteiger partial charge is 0.347 e. The first-order chi connectivity index (χ1) is 7.52. The Kier molecular flexibility index (Phi) is 2.15. The Morgan fingerprint density at radius 2 is 2.00 bits per heavy atom. The predicted molar refractivity (Wildman–Crippen MR) is 49.1 cm³/mol. The second kappa shape index (κ2) is 3.37. The van der Waals surface area contributed by atoms with Crippen LogP contribution in [0.1, 0.15) is 0 Å². The summed E-state index contributed by atoms with van der Waals surface area (Å²) in [5.74, 6) is -2.57. The van der Waals surface area contributed by atoms with E-state index in [-0.39, 0.29) is 6.07 Å². The molecule has 0 aliphatic carbocycles. The molecule has 0 saturated heterocycles. The van der Waals surface area contributed by atoms with E-state index in [4.69, 9.17) is 0 Å². The molecule has 0 aliphatic rings. The fourth-order valence-electron chi connectivity index (χ4n) is 1.35. The molecule has 1 aromatic carbocycles. The number of fused-ring (bicyclic) bond motifs is 1. The van der Waals surface area contributed by atoms with E-state index in [0.29, 0.717) is 0 Å². The maximum atomic E-state index is 13.2. The van der Waals surface area contributed by atoms with Crippen LogP contribution < -0.4 is 5.43 Å². The van der Waals surface area contributed by atoms with E-state index < -0.39 is 38.6 Å². The van der Waals surface area contributed by atoms with Gasteiger partial charge in [-0.25, -0.2) is 4.39 Å². The maximum Gasteiger partial charge on any atom is 0.347 e. The molecule has 0 radical (unpaired) electrons. The zero-order chi connectivity index (χ0) is 11.9. The number of nitrogens with zero attached hydrogens (tertiary/aromatic N) is 1. The number of hydrogen-bond acceptors (Lipinski definition) is 4. The van der Waals surface area contributed by atoms with Gasteiger partial charge >= 0.3 is 5.69 Å². The molecular weight excluding hydrogens is 224 g/mol. The predicted octanol–water partition coefficient (Wildman–Crippen LogP) is 1.98. The molecule has 1 aromatic heterocycles. The Morgan fingerprint density at radius 3 is 2.62 bits per heavy atom. The molecule has 0 unspecified atom stereocenters. The molecule has 0 atom stereocenters. The van der Waals surface area contributed by atoms with Crippen LogP contribution in [0.4, 0.5) is 14.5 Å². The molecular formula is C9H3F2NO4. The topological polar surface area (TPSA) is 73.3 Å². The second-order valence-electron chi connectivity index (χ2n) is 2.93. The van der Waals surface area contributed by atoms with Gasteiger partial charge in [0.2, 0.25) is 11.4 Å². The summed E-state index contributed by atoms with van der Waals surface area (Å²) in [7, 11) is 0. The minimum atomic E-state index is -1.38. The van der Waals surface area contributed by atoms with Crippen molar-refractivity contribution in [3.8, 4) is 0 Å². The van der Waals surface area contributed by atoms with Crippen molar-refractivity contribution in [1.82, 2.24) is 0 Å². The summed E-state index contributed by atoms with van der Waals surface area (Å²) >= 11 is 0. The van der Waals surface area contributed by atoms with Gasteiger partial charge in [-0.2, -0.15) is 4.39 Å². The van der Waals surface area contributed by atoms with E-state index >= 15 is 0 Å². The van der Waals surface area contributed by atoms with Gasteiger partial charge in [0.05, 0.1) is 11.2 Å². The quantitative estimate of drug-likeness (QED) is 0.551. The molecule has 0 aliphatic heterocycles. The number of halogens is 2. The van der Waals surface area contributed by atoms with Gasteiger partial charge in [0, 0.05) is 12.1 Å². The molecule has 0 fully saturated rings. The number of hydrogen-bond donors (Lipinski definition) is 0. The summed E-state index contributed by atoms with van der Waals surface area (Å²) in [6.45, 7) is 0. The summed E-state index contributed by atoms with van der Waals surface area (Å²) < 4.78 is 31.0. The molecule has 0 saturated carbocycles. The third-order valence-electron chi connectivity index (χ3n) is 1.99. The normalized spacial score (nSPS) is 10.6. The highest BCUT2D eigenvalue weighted by Crippen LogP contribution is 2.28. The largest absolute Gasteiger partial charge is 0.457 e. The van der Waals surface area contributed by atoms with Crippen LogP contribution in [0.15, 0.2) is 27.6 Å². The Hall–Kier alpha value is -2.31. The van der Waals surface area contributed by atoms with E-state index in [0.717, 1.165) is 12.3 Å². The molecule has 0 N–H and O–H groups in total. The van der Waals surface area contributed by atoms with Gasteiger partial charge in [-0.1, -0.05) is 0 Å². The fourth-order valence-corrected chi connectivity index (χ4v) is 1.35. The summed E-state index contributed by atoms with van der Waals surface area (Å²) in [6.07, 6.45) is 0.844. The van der Waals surface area contributed by atoms with Gasteiger partial charge in [0.25, 0.3) is 0 Å². The lowest BCUT2D eigenvalue weighted by Crippen LogP contribution is -2.04. The second-order valence-corrected chi connectivity index (χ2v) is 2.93. The van der Waals surface area contributed by atoms with Crippen LogP contribution in [0.2, 0.25) is 0 Å². The molecule has 2 aromatic rings. The summed E-state index contributed by atoms with van der Waals surface area (Å²) in [5, 5.41) is 9.91. The van der Waals surface area contributed by atoms with Crippen LogP contribution >= 0.6 is 0 Å². The van der Waals surface area contributed by atoms with Crippen molar-refractivity contribution in [2.75, 3.05) is 0 Å². The number of nitro benzene ring substituents is 1. The van der Waals surface area contributed by atoms with E-state index in [1.807, 2.05) is 0 Å². The molecule has 1 heterocycles. The number of benzene rings is 1. The van der Waals surface area contributed by atoms with Crippen molar-refractivity contribution in [3.05, 3.63) is 50.4 Å². The zero-order valence-electron chi connectivity index (χ0n) is 7.57. The Balaban J connectivity index is 3.08. The van der Waals surface area contributed by atoms with Crippen molar-refractivity contribution >= 4 is 16.7 Å². The Bertz CT molecular complexity index is 650. The molecule has 7 heteroatoms. The first-order valence-electron chi connectivity index (χ1n) is 4.06. The Morgan fingerprint density at radius 1 is 1.31 bits per heavy atom. The highest BCUT2D eigenvalue weighted by molar-refractivity contribution is 5.85. The van der Waals surface area contributed by atoms with Crippen LogP contribution in [-0.2, 0) is 0 Å². The lowest BCUT2D eigenvalue weighted by atomic mass is 10.2. The monoisotopic (exact) mass is 227 g/mol. The van der Waals surface area contributed by atoms with Gasteiger partial charge in [-0.3, -0.25) is 14.9 Å². The van der Waals surface area contributed by atoms with Gasteiger partial charge in [-0.05, 0) is 0 Å². The molecule has 0 amide bonds. The minimum absolute atomic E-state index is 0.289. The molecule has 0 bridgehead atoms. The van der Waals surface area contributed by atoms with Crippen LogP contribution in [0.3, 0.4) is 0 Å². The average Bonchev–Trinajstić information content (AvgIpc) is 2.15. The van der Waals surface area contributed by atoms with E-state index in [2.05, 4.69) is 4.42 Å². The standard InChI is InChI=1S/C9H3F2NO4/c10-4-3-5(11)8(12(14)15)9-7(4)6(13)1-2-16-9/h1-3H. The molecule has 82 valence electrons. The average molecular weight is 227 g/mol. The van der Waals surface area contributed by atoms with Crippen LogP contribution in [0.5, 0.6) is 0 Å². The highest BCUT2D eigenvalue weighted by Gasteiger charge is 2.25. The van der Waals surface area contributed by atoms with E-state index in [1.54, 1.807) is 0 Å². The van der Waals surface area contributed by atoms with Crippen molar-refractivity contribution < 1.29 is 18.1 Å².